The van der Waals surface area contributed by atoms with Gasteiger partial charge in [0.1, 0.15) is 10.7 Å². The Labute approximate surface area is 181 Å². The van der Waals surface area contributed by atoms with Crippen molar-refractivity contribution in [2.24, 2.45) is 11.1 Å². The van der Waals surface area contributed by atoms with E-state index < -0.39 is 15.8 Å². The highest BCUT2D eigenvalue weighted by molar-refractivity contribution is 7.95. The summed E-state index contributed by atoms with van der Waals surface area (Å²) in [5.41, 5.74) is 6.90. The molecule has 1 unspecified atom stereocenters. The zero-order chi connectivity index (χ0) is 21.7. The Bertz CT molecular complexity index is 1180. The summed E-state index contributed by atoms with van der Waals surface area (Å²) < 4.78 is 33.0. The molecule has 0 radical (unpaired) electrons. The van der Waals surface area contributed by atoms with Crippen LogP contribution >= 0.6 is 11.6 Å². The number of carbonyl (C=O) groups excluding carboxylic acids is 1. The standard InChI is InChI=1S/C23H22ClNO4S/c1-23(2)12-17(26)20-18(13-23)29-22(25)21(19(20)14-8-10-15(24)11-9-14)30(27,28)16-6-4-3-5-7-16/h3-11,19H,12-13,25H2,1-2H3. The van der Waals surface area contributed by atoms with Gasteiger partial charge in [0, 0.05) is 23.4 Å². The summed E-state index contributed by atoms with van der Waals surface area (Å²) in [5, 5.41) is 0.514. The van der Waals surface area contributed by atoms with Crippen molar-refractivity contribution in [3.05, 3.63) is 87.3 Å². The third-order valence-electron chi connectivity index (χ3n) is 5.45. The monoisotopic (exact) mass is 443 g/mol. The van der Waals surface area contributed by atoms with Crippen LogP contribution in [-0.4, -0.2) is 14.2 Å². The maximum Gasteiger partial charge on any atom is 0.208 e. The first-order valence-corrected chi connectivity index (χ1v) is 11.5. The van der Waals surface area contributed by atoms with Gasteiger partial charge in [0.25, 0.3) is 0 Å². The highest BCUT2D eigenvalue weighted by Crippen LogP contribution is 2.50. The quantitative estimate of drug-likeness (QED) is 0.743. The topological polar surface area (TPSA) is 86.5 Å². The first-order valence-electron chi connectivity index (χ1n) is 9.59. The van der Waals surface area contributed by atoms with Crippen molar-refractivity contribution < 1.29 is 17.9 Å². The molecular formula is C23H22ClNO4S. The molecule has 156 valence electrons. The van der Waals surface area contributed by atoms with E-state index in [-0.39, 0.29) is 26.9 Å². The van der Waals surface area contributed by atoms with Crippen LogP contribution in [0.25, 0.3) is 0 Å². The Hall–Kier alpha value is -2.57. The van der Waals surface area contributed by atoms with Crippen molar-refractivity contribution in [3.63, 3.8) is 0 Å². The van der Waals surface area contributed by atoms with Gasteiger partial charge in [-0.1, -0.05) is 55.8 Å². The van der Waals surface area contributed by atoms with Crippen LogP contribution < -0.4 is 5.73 Å². The molecule has 1 heterocycles. The minimum Gasteiger partial charge on any atom is -0.444 e. The summed E-state index contributed by atoms with van der Waals surface area (Å²) in [5.74, 6) is -0.724. The molecule has 30 heavy (non-hydrogen) atoms. The normalized spacial score (nSPS) is 21.3. The Kier molecular flexibility index (Phi) is 5.03. The number of sulfone groups is 1. The molecule has 5 nitrogen and oxygen atoms in total. The van der Waals surface area contributed by atoms with Crippen LogP contribution in [0.3, 0.4) is 0 Å². The maximum atomic E-state index is 13.6. The van der Waals surface area contributed by atoms with Gasteiger partial charge in [0.05, 0.1) is 10.8 Å². The van der Waals surface area contributed by atoms with Gasteiger partial charge >= 0.3 is 0 Å². The predicted molar refractivity (Wildman–Crippen MR) is 115 cm³/mol. The predicted octanol–water partition coefficient (Wildman–Crippen LogP) is 4.70. The van der Waals surface area contributed by atoms with Gasteiger partial charge in [0.2, 0.25) is 15.7 Å². The van der Waals surface area contributed by atoms with Crippen molar-refractivity contribution in [2.75, 3.05) is 0 Å². The number of ether oxygens (including phenoxy) is 1. The van der Waals surface area contributed by atoms with E-state index in [1.54, 1.807) is 42.5 Å². The molecule has 7 heteroatoms. The summed E-state index contributed by atoms with van der Waals surface area (Å²) in [6.45, 7) is 3.96. The smallest absolute Gasteiger partial charge is 0.208 e. The van der Waals surface area contributed by atoms with Gasteiger partial charge in [-0.3, -0.25) is 4.79 Å². The van der Waals surface area contributed by atoms with Gasteiger partial charge in [-0.05, 0) is 35.2 Å². The number of rotatable bonds is 3. The van der Waals surface area contributed by atoms with Crippen molar-refractivity contribution in [1.29, 1.82) is 0 Å². The second kappa shape index (κ2) is 7.29. The average Bonchev–Trinajstić information content (AvgIpc) is 2.67. The molecule has 1 aliphatic heterocycles. The molecule has 0 bridgehead atoms. The molecule has 2 aliphatic rings. The molecule has 2 N–H and O–H groups in total. The third-order valence-corrected chi connectivity index (χ3v) is 7.61. The average molecular weight is 444 g/mol. The molecular weight excluding hydrogens is 422 g/mol. The van der Waals surface area contributed by atoms with Crippen molar-refractivity contribution in [3.8, 4) is 0 Å². The minimum atomic E-state index is -4.01. The molecule has 4 rings (SSSR count). The first kappa shape index (κ1) is 20.7. The summed E-state index contributed by atoms with van der Waals surface area (Å²) in [6.07, 6.45) is 0.801. The van der Waals surface area contributed by atoms with Crippen LogP contribution in [-0.2, 0) is 19.4 Å². The summed E-state index contributed by atoms with van der Waals surface area (Å²) in [6, 6.07) is 14.8. The van der Waals surface area contributed by atoms with Crippen molar-refractivity contribution in [1.82, 2.24) is 0 Å². The van der Waals surface area contributed by atoms with Crippen LogP contribution in [0.5, 0.6) is 0 Å². The number of ketones is 1. The van der Waals surface area contributed by atoms with Crippen LogP contribution in [0.2, 0.25) is 5.02 Å². The lowest BCUT2D eigenvalue weighted by Crippen LogP contribution is -2.35. The maximum absolute atomic E-state index is 13.6. The molecule has 2 aromatic carbocycles. The lowest BCUT2D eigenvalue weighted by molar-refractivity contribution is -0.119. The van der Waals surface area contributed by atoms with Gasteiger partial charge in [-0.15, -0.1) is 0 Å². The second-order valence-electron chi connectivity index (χ2n) is 8.41. The van der Waals surface area contributed by atoms with E-state index in [1.807, 2.05) is 13.8 Å². The lowest BCUT2D eigenvalue weighted by Gasteiger charge is -2.38. The number of allylic oxidation sites excluding steroid dienone is 3. The number of Topliss-reactive ketones (excluding diaryl/α,β-unsaturated/α-hetero) is 1. The van der Waals surface area contributed by atoms with E-state index in [0.717, 1.165) is 0 Å². The summed E-state index contributed by atoms with van der Waals surface area (Å²) in [4.78, 5) is 13.2. The SMILES string of the molecule is CC1(C)CC(=O)C2=C(C1)OC(N)=C(S(=O)(=O)c1ccccc1)C2c1ccc(Cl)cc1. The number of hydrogen-bond donors (Lipinski definition) is 1. The highest BCUT2D eigenvalue weighted by atomic mass is 35.5. The van der Waals surface area contributed by atoms with E-state index in [0.29, 0.717) is 34.8 Å². The second-order valence-corrected chi connectivity index (χ2v) is 10.8. The van der Waals surface area contributed by atoms with Crippen LogP contribution in [0.4, 0.5) is 0 Å². The molecule has 0 aromatic heterocycles. The molecule has 1 aliphatic carbocycles. The van der Waals surface area contributed by atoms with E-state index in [1.165, 1.54) is 12.1 Å². The number of benzene rings is 2. The Morgan fingerprint density at radius 1 is 1.03 bits per heavy atom. The summed E-state index contributed by atoms with van der Waals surface area (Å²) >= 11 is 6.05. The minimum absolute atomic E-state index is 0.0955. The van der Waals surface area contributed by atoms with E-state index in [4.69, 9.17) is 22.1 Å². The number of hydrogen-bond acceptors (Lipinski definition) is 5. The van der Waals surface area contributed by atoms with Crippen LogP contribution in [0, 0.1) is 5.41 Å². The van der Waals surface area contributed by atoms with Gasteiger partial charge in [0.15, 0.2) is 5.78 Å². The molecule has 1 atom stereocenters. The van der Waals surface area contributed by atoms with Gasteiger partial charge in [-0.2, -0.15) is 0 Å². The molecule has 0 amide bonds. The number of halogens is 1. The fourth-order valence-corrected chi connectivity index (χ4v) is 5.90. The van der Waals surface area contributed by atoms with E-state index >= 15 is 0 Å². The van der Waals surface area contributed by atoms with Crippen molar-refractivity contribution >= 4 is 27.2 Å². The Balaban J connectivity index is 1.96. The third kappa shape index (κ3) is 3.55. The van der Waals surface area contributed by atoms with E-state index in [2.05, 4.69) is 0 Å². The number of nitrogens with two attached hydrogens (primary N) is 1. The molecule has 0 fully saturated rings. The first-order chi connectivity index (χ1) is 14.1. The zero-order valence-corrected chi connectivity index (χ0v) is 18.3. The Morgan fingerprint density at radius 3 is 2.30 bits per heavy atom. The van der Waals surface area contributed by atoms with Crippen molar-refractivity contribution in [2.45, 2.75) is 37.5 Å². The zero-order valence-electron chi connectivity index (χ0n) is 16.7. The highest BCUT2D eigenvalue weighted by Gasteiger charge is 2.46. The van der Waals surface area contributed by atoms with Gasteiger partial charge < -0.3 is 10.5 Å². The summed E-state index contributed by atoms with van der Waals surface area (Å²) in [7, 11) is -4.01. The molecule has 0 saturated heterocycles. The Morgan fingerprint density at radius 2 is 1.67 bits per heavy atom. The fraction of sp³-hybridized carbons (Fsp3) is 0.261. The van der Waals surface area contributed by atoms with Gasteiger partial charge in [-0.25, -0.2) is 8.42 Å². The number of carbonyl (C=O) groups is 1. The molecule has 0 saturated carbocycles. The van der Waals surface area contributed by atoms with Crippen LogP contribution in [0.1, 0.15) is 38.2 Å². The lowest BCUT2D eigenvalue weighted by atomic mass is 9.72. The van der Waals surface area contributed by atoms with Crippen LogP contribution in [0.15, 0.2) is 81.6 Å². The largest absolute Gasteiger partial charge is 0.444 e. The fourth-order valence-electron chi connectivity index (χ4n) is 4.13. The molecule has 2 aromatic rings. The van der Waals surface area contributed by atoms with E-state index in [9.17, 15) is 13.2 Å². The molecule has 0 spiro atoms.